The highest BCUT2D eigenvalue weighted by molar-refractivity contribution is 4.10. The number of rotatable bonds is 1. The second-order valence-electron chi connectivity index (χ2n) is 1.26. The Labute approximate surface area is 46.1 Å². The minimum absolute atomic E-state index is 0.847. The van der Waals surface area contributed by atoms with Crippen LogP contribution in [-0.4, -0.2) is 6.54 Å². The first-order chi connectivity index (χ1) is 3.33. The molecule has 0 aromatic carbocycles. The lowest BCUT2D eigenvalue weighted by molar-refractivity contribution is 0.781. The van der Waals surface area contributed by atoms with E-state index in [0.717, 1.165) is 6.54 Å². The Hall–Kier alpha value is -0.0800. The van der Waals surface area contributed by atoms with Crippen LogP contribution in [0.4, 0.5) is 0 Å². The maximum atomic E-state index is 4.78. The standard InChI is InChI=1S/C3H8.C2H8N2/c1-3-2;1-2-4-3/h3H2,1-2H3;4H,2-3H2,1H3. The molecule has 0 unspecified atom stereocenters. The number of nitrogens with one attached hydrogen (secondary N) is 1. The van der Waals surface area contributed by atoms with Crippen LogP contribution < -0.4 is 11.3 Å². The summed E-state index contributed by atoms with van der Waals surface area (Å²) in [4.78, 5) is 0. The number of nitrogens with two attached hydrogens (primary N) is 1. The Morgan fingerprint density at radius 3 is 1.43 bits per heavy atom. The van der Waals surface area contributed by atoms with E-state index in [9.17, 15) is 0 Å². The van der Waals surface area contributed by atoms with E-state index in [2.05, 4.69) is 19.3 Å². The van der Waals surface area contributed by atoms with Gasteiger partial charge in [0.1, 0.15) is 0 Å². The fraction of sp³-hybridized carbons (Fsp3) is 1.00. The van der Waals surface area contributed by atoms with Gasteiger partial charge in [0.15, 0.2) is 0 Å². The summed E-state index contributed by atoms with van der Waals surface area (Å²) >= 11 is 0. The smallest absolute Gasteiger partial charge is 0.00689 e. The van der Waals surface area contributed by atoms with Gasteiger partial charge in [0, 0.05) is 6.54 Å². The Morgan fingerprint density at radius 1 is 1.29 bits per heavy atom. The monoisotopic (exact) mass is 104 g/mol. The van der Waals surface area contributed by atoms with Crippen molar-refractivity contribution in [3.63, 3.8) is 0 Å². The highest BCUT2D eigenvalue weighted by Gasteiger charge is 1.50. The topological polar surface area (TPSA) is 38.0 Å². The molecule has 0 aromatic heterocycles. The Kier molecular flexibility index (Phi) is 24.1. The predicted octanol–water partition coefficient (Wildman–Crippen LogP) is 0.886. The third-order valence-corrected chi connectivity index (χ3v) is 0.204. The highest BCUT2D eigenvalue weighted by atomic mass is 15.2. The van der Waals surface area contributed by atoms with E-state index in [-0.39, 0.29) is 0 Å². The van der Waals surface area contributed by atoms with Gasteiger partial charge in [0.05, 0.1) is 0 Å². The van der Waals surface area contributed by atoms with Crippen LogP contribution in [0.15, 0.2) is 0 Å². The molecule has 0 saturated carbocycles. The van der Waals surface area contributed by atoms with Gasteiger partial charge in [0.2, 0.25) is 0 Å². The van der Waals surface area contributed by atoms with Gasteiger partial charge >= 0.3 is 0 Å². The summed E-state index contributed by atoms with van der Waals surface area (Å²) in [7, 11) is 0. The molecule has 0 spiro atoms. The lowest BCUT2D eigenvalue weighted by atomic mass is 10.6. The van der Waals surface area contributed by atoms with Crippen molar-refractivity contribution in [2.75, 3.05) is 6.54 Å². The van der Waals surface area contributed by atoms with Gasteiger partial charge in [-0.25, -0.2) is 0 Å². The molecule has 0 amide bonds. The van der Waals surface area contributed by atoms with Crippen molar-refractivity contribution < 1.29 is 0 Å². The second kappa shape index (κ2) is 16.8. The summed E-state index contributed by atoms with van der Waals surface area (Å²) < 4.78 is 0. The van der Waals surface area contributed by atoms with Gasteiger partial charge in [-0.2, -0.15) is 0 Å². The van der Waals surface area contributed by atoms with Crippen LogP contribution in [0.5, 0.6) is 0 Å². The molecule has 3 N–H and O–H groups in total. The SMILES string of the molecule is CCC.CCNN. The molecule has 7 heavy (non-hydrogen) atoms. The first-order valence-corrected chi connectivity index (χ1v) is 2.76. The minimum Gasteiger partial charge on any atom is -0.271 e. The van der Waals surface area contributed by atoms with E-state index in [1.54, 1.807) is 0 Å². The van der Waals surface area contributed by atoms with Crippen LogP contribution in [-0.2, 0) is 0 Å². The van der Waals surface area contributed by atoms with Crippen LogP contribution in [0.3, 0.4) is 0 Å². The van der Waals surface area contributed by atoms with Crippen molar-refractivity contribution in [2.45, 2.75) is 27.2 Å². The molecule has 0 bridgehead atoms. The van der Waals surface area contributed by atoms with E-state index in [1.165, 1.54) is 6.42 Å². The molecule has 0 aliphatic carbocycles. The van der Waals surface area contributed by atoms with Gasteiger partial charge in [-0.05, 0) is 0 Å². The van der Waals surface area contributed by atoms with E-state index >= 15 is 0 Å². The highest BCUT2D eigenvalue weighted by Crippen LogP contribution is 1.56. The summed E-state index contributed by atoms with van der Waals surface area (Å²) in [6, 6.07) is 0. The maximum Gasteiger partial charge on any atom is 0.00689 e. The van der Waals surface area contributed by atoms with Crippen molar-refractivity contribution >= 4 is 0 Å². The third-order valence-electron chi connectivity index (χ3n) is 0.204. The molecular formula is C5H16N2. The molecule has 0 fully saturated rings. The van der Waals surface area contributed by atoms with Gasteiger partial charge in [-0.15, -0.1) is 0 Å². The third kappa shape index (κ3) is 107. The average molecular weight is 104 g/mol. The normalized spacial score (nSPS) is 6.86. The molecular weight excluding hydrogens is 88.1 g/mol. The van der Waals surface area contributed by atoms with E-state index in [0.29, 0.717) is 0 Å². The van der Waals surface area contributed by atoms with Gasteiger partial charge in [-0.1, -0.05) is 27.2 Å². The van der Waals surface area contributed by atoms with Crippen LogP contribution in [0, 0.1) is 0 Å². The maximum absolute atomic E-state index is 4.78. The zero-order valence-electron chi connectivity index (χ0n) is 5.49. The van der Waals surface area contributed by atoms with Crippen molar-refractivity contribution in [3.8, 4) is 0 Å². The minimum atomic E-state index is 0.847. The molecule has 0 saturated heterocycles. The van der Waals surface area contributed by atoms with Crippen LogP contribution in [0.2, 0.25) is 0 Å². The lowest BCUT2D eigenvalue weighted by Crippen LogP contribution is -2.20. The summed E-state index contributed by atoms with van der Waals surface area (Å²) in [6.45, 7) is 7.04. The quantitative estimate of drug-likeness (QED) is 0.383. The Bertz CT molecular complexity index is 13.6. The van der Waals surface area contributed by atoms with Gasteiger partial charge < -0.3 is 0 Å². The van der Waals surface area contributed by atoms with Crippen molar-refractivity contribution in [2.24, 2.45) is 5.84 Å². The summed E-state index contributed by atoms with van der Waals surface area (Å²) in [5, 5.41) is 0. The fourth-order valence-electron chi connectivity index (χ4n) is 0. The van der Waals surface area contributed by atoms with Crippen molar-refractivity contribution in [3.05, 3.63) is 0 Å². The lowest BCUT2D eigenvalue weighted by Gasteiger charge is -1.77. The largest absolute Gasteiger partial charge is 0.271 e. The molecule has 0 radical (unpaired) electrons. The summed E-state index contributed by atoms with van der Waals surface area (Å²) in [5.74, 6) is 4.78. The number of hydrogen-bond donors (Lipinski definition) is 2. The van der Waals surface area contributed by atoms with Gasteiger partial charge in [-0.3, -0.25) is 11.3 Å². The molecule has 0 atom stereocenters. The molecule has 2 heteroatoms. The number of hydrogen-bond acceptors (Lipinski definition) is 2. The zero-order chi connectivity index (χ0) is 6.12. The van der Waals surface area contributed by atoms with E-state index in [1.807, 2.05) is 6.92 Å². The molecule has 0 heterocycles. The Balaban J connectivity index is 0. The van der Waals surface area contributed by atoms with Crippen molar-refractivity contribution in [1.29, 1.82) is 0 Å². The van der Waals surface area contributed by atoms with Crippen molar-refractivity contribution in [1.82, 2.24) is 5.43 Å². The molecule has 2 nitrogen and oxygen atoms in total. The fourth-order valence-corrected chi connectivity index (χ4v) is 0. The van der Waals surface area contributed by atoms with Crippen LogP contribution in [0.25, 0.3) is 0 Å². The summed E-state index contributed by atoms with van der Waals surface area (Å²) in [5.41, 5.74) is 2.43. The van der Waals surface area contributed by atoms with Crippen LogP contribution in [0.1, 0.15) is 27.2 Å². The molecule has 0 aliphatic heterocycles. The number of hydrazine groups is 1. The predicted molar refractivity (Wildman–Crippen MR) is 33.8 cm³/mol. The molecule has 46 valence electrons. The first-order valence-electron chi connectivity index (χ1n) is 2.76. The zero-order valence-corrected chi connectivity index (χ0v) is 5.49. The van der Waals surface area contributed by atoms with Gasteiger partial charge in [0.25, 0.3) is 0 Å². The Morgan fingerprint density at radius 2 is 1.43 bits per heavy atom. The molecule has 0 rings (SSSR count). The van der Waals surface area contributed by atoms with E-state index < -0.39 is 0 Å². The van der Waals surface area contributed by atoms with Crippen LogP contribution >= 0.6 is 0 Å². The average Bonchev–Trinajstić information content (AvgIpc) is 1.69. The molecule has 0 aliphatic rings. The van der Waals surface area contributed by atoms with E-state index in [4.69, 9.17) is 5.84 Å². The second-order valence-corrected chi connectivity index (χ2v) is 1.26. The first kappa shape index (κ1) is 10.0. The molecule has 0 aromatic rings. The summed E-state index contributed by atoms with van der Waals surface area (Å²) in [6.07, 6.45) is 1.25.